The molecule has 31 heavy (non-hydrogen) atoms. The number of carbonyl (C=O) groups is 1. The molecule has 0 unspecified atom stereocenters. The Kier molecular flexibility index (Phi) is 5.25. The number of ether oxygens (including phenoxy) is 1. The number of fused-ring (bicyclic) bond motifs is 1. The molecule has 0 atom stereocenters. The summed E-state index contributed by atoms with van der Waals surface area (Å²) in [6.45, 7) is 2.75. The normalized spacial score (nSPS) is 14.3. The molecule has 0 aliphatic carbocycles. The Bertz CT molecular complexity index is 1250. The van der Waals surface area contributed by atoms with E-state index in [1.54, 1.807) is 17.8 Å². The van der Waals surface area contributed by atoms with Crippen LogP contribution < -0.4 is 9.64 Å². The van der Waals surface area contributed by atoms with Crippen LogP contribution in [0.25, 0.3) is 16.8 Å². The summed E-state index contributed by atoms with van der Waals surface area (Å²) in [7, 11) is 1.66. The zero-order valence-electron chi connectivity index (χ0n) is 16.9. The molecule has 1 saturated heterocycles. The molecule has 9 heteroatoms. The molecule has 5 rings (SSSR count). The molecule has 158 valence electrons. The molecule has 0 N–H and O–H groups in total. The van der Waals surface area contributed by atoms with Gasteiger partial charge in [-0.05, 0) is 24.3 Å². The number of hydrogen-bond acceptors (Lipinski definition) is 6. The van der Waals surface area contributed by atoms with Gasteiger partial charge in [0.25, 0.3) is 5.91 Å². The molecule has 1 aromatic carbocycles. The van der Waals surface area contributed by atoms with Gasteiger partial charge >= 0.3 is 0 Å². The molecule has 4 heterocycles. The molecule has 1 amide bonds. The Balaban J connectivity index is 1.32. The van der Waals surface area contributed by atoms with Crippen molar-refractivity contribution in [1.29, 1.82) is 0 Å². The Labute approximate surface area is 188 Å². The van der Waals surface area contributed by atoms with Crippen molar-refractivity contribution in [2.45, 2.75) is 0 Å². The van der Waals surface area contributed by atoms with E-state index in [9.17, 15) is 4.79 Å². The summed E-state index contributed by atoms with van der Waals surface area (Å²) >= 11 is 7.70. The number of nitrogens with zero attached hydrogens (tertiary/aromatic N) is 5. The van der Waals surface area contributed by atoms with Crippen molar-refractivity contribution in [3.05, 3.63) is 64.2 Å². The van der Waals surface area contributed by atoms with Crippen LogP contribution in [-0.4, -0.2) is 58.7 Å². The molecule has 3 aromatic heterocycles. The average molecular weight is 454 g/mol. The van der Waals surface area contributed by atoms with Gasteiger partial charge in [-0.3, -0.25) is 4.79 Å². The second-order valence-corrected chi connectivity index (χ2v) is 8.81. The minimum atomic E-state index is -0.0834. The summed E-state index contributed by atoms with van der Waals surface area (Å²) in [5, 5.41) is 4.75. The topological polar surface area (TPSA) is 63.0 Å². The van der Waals surface area contributed by atoms with E-state index in [1.165, 1.54) is 11.3 Å². The zero-order valence-corrected chi connectivity index (χ0v) is 18.4. The highest BCUT2D eigenvalue weighted by Crippen LogP contribution is 2.35. The summed E-state index contributed by atoms with van der Waals surface area (Å²) < 4.78 is 7.58. The number of carbonyl (C=O) groups excluding carboxylic acids is 1. The molecular formula is C22H20ClN5O2S. The summed E-state index contributed by atoms with van der Waals surface area (Å²) in [5.41, 5.74) is 3.43. The van der Waals surface area contributed by atoms with E-state index in [0.717, 1.165) is 35.6 Å². The van der Waals surface area contributed by atoms with E-state index in [0.29, 0.717) is 28.1 Å². The van der Waals surface area contributed by atoms with Crippen molar-refractivity contribution in [2.24, 2.45) is 0 Å². The van der Waals surface area contributed by atoms with Crippen LogP contribution in [0.4, 0.5) is 5.69 Å². The minimum Gasteiger partial charge on any atom is -0.497 e. The molecule has 0 saturated carbocycles. The number of hydrogen-bond donors (Lipinski definition) is 0. The van der Waals surface area contributed by atoms with E-state index < -0.39 is 0 Å². The largest absolute Gasteiger partial charge is 0.497 e. The first-order chi connectivity index (χ1) is 15.1. The molecule has 0 bridgehead atoms. The molecule has 0 spiro atoms. The fourth-order valence-corrected chi connectivity index (χ4v) is 4.92. The maximum atomic E-state index is 13.1. The molecule has 7 nitrogen and oxygen atoms in total. The molecule has 4 aromatic rings. The Morgan fingerprint density at radius 2 is 1.97 bits per heavy atom. The van der Waals surface area contributed by atoms with E-state index in [1.807, 2.05) is 47.5 Å². The monoisotopic (exact) mass is 453 g/mol. The third kappa shape index (κ3) is 3.73. The Morgan fingerprint density at radius 3 is 2.77 bits per heavy atom. The van der Waals surface area contributed by atoms with Crippen LogP contribution in [0, 0.1) is 0 Å². The lowest BCUT2D eigenvalue weighted by Crippen LogP contribution is -2.48. The number of anilines is 1. The van der Waals surface area contributed by atoms with Gasteiger partial charge < -0.3 is 14.5 Å². The predicted molar refractivity (Wildman–Crippen MR) is 122 cm³/mol. The predicted octanol–water partition coefficient (Wildman–Crippen LogP) is 4.08. The number of halogens is 1. The lowest BCUT2D eigenvalue weighted by molar-refractivity contribution is 0.0746. The average Bonchev–Trinajstić information content (AvgIpc) is 3.42. The van der Waals surface area contributed by atoms with Gasteiger partial charge in [-0.1, -0.05) is 35.1 Å². The van der Waals surface area contributed by atoms with Crippen LogP contribution in [-0.2, 0) is 0 Å². The van der Waals surface area contributed by atoms with Crippen molar-refractivity contribution >= 4 is 40.0 Å². The maximum Gasteiger partial charge on any atom is 0.283 e. The van der Waals surface area contributed by atoms with Crippen LogP contribution >= 0.6 is 22.9 Å². The number of rotatable bonds is 4. The van der Waals surface area contributed by atoms with Gasteiger partial charge in [0.05, 0.1) is 18.8 Å². The third-order valence-electron chi connectivity index (χ3n) is 5.44. The van der Waals surface area contributed by atoms with Gasteiger partial charge in [0.2, 0.25) is 0 Å². The first kappa shape index (κ1) is 19.8. The van der Waals surface area contributed by atoms with Gasteiger partial charge in [0.1, 0.15) is 15.8 Å². The van der Waals surface area contributed by atoms with E-state index >= 15 is 0 Å². The first-order valence-electron chi connectivity index (χ1n) is 9.91. The highest BCUT2D eigenvalue weighted by atomic mass is 35.5. The molecular weight excluding hydrogens is 434 g/mol. The van der Waals surface area contributed by atoms with Crippen molar-refractivity contribution in [3.8, 4) is 17.0 Å². The van der Waals surface area contributed by atoms with Crippen LogP contribution in [0.1, 0.15) is 9.80 Å². The fourth-order valence-electron chi connectivity index (χ4n) is 3.79. The Morgan fingerprint density at radius 1 is 1.13 bits per heavy atom. The first-order valence-corrected chi connectivity index (χ1v) is 11.1. The number of benzene rings is 1. The van der Waals surface area contributed by atoms with Crippen molar-refractivity contribution in [1.82, 2.24) is 19.5 Å². The van der Waals surface area contributed by atoms with Crippen molar-refractivity contribution < 1.29 is 9.53 Å². The quantitative estimate of drug-likeness (QED) is 0.466. The highest BCUT2D eigenvalue weighted by Gasteiger charge is 2.26. The molecule has 1 fully saturated rings. The van der Waals surface area contributed by atoms with Gasteiger partial charge in [-0.2, -0.15) is 5.10 Å². The number of thiazole rings is 1. The van der Waals surface area contributed by atoms with Crippen molar-refractivity contribution in [3.63, 3.8) is 0 Å². The lowest BCUT2D eigenvalue weighted by atomic mass is 10.2. The van der Waals surface area contributed by atoms with E-state index in [4.69, 9.17) is 16.3 Å². The maximum absolute atomic E-state index is 13.1. The van der Waals surface area contributed by atoms with Gasteiger partial charge in [-0.15, -0.1) is 0 Å². The van der Waals surface area contributed by atoms with Crippen LogP contribution in [0.15, 0.2) is 54.9 Å². The molecule has 1 aliphatic heterocycles. The van der Waals surface area contributed by atoms with Crippen LogP contribution in [0.5, 0.6) is 5.75 Å². The van der Waals surface area contributed by atoms with Crippen molar-refractivity contribution in [2.75, 3.05) is 38.2 Å². The second-order valence-electron chi connectivity index (χ2n) is 7.21. The number of pyridine rings is 1. The molecule has 1 aliphatic rings. The number of amides is 1. The molecule has 0 radical (unpaired) electrons. The minimum absolute atomic E-state index is 0.0834. The zero-order chi connectivity index (χ0) is 21.4. The fraction of sp³-hybridized carbons (Fsp3) is 0.227. The highest BCUT2D eigenvalue weighted by molar-refractivity contribution is 7.18. The van der Waals surface area contributed by atoms with Crippen LogP contribution in [0.2, 0.25) is 4.34 Å². The van der Waals surface area contributed by atoms with E-state index in [-0.39, 0.29) is 5.91 Å². The number of piperazine rings is 1. The van der Waals surface area contributed by atoms with Gasteiger partial charge in [0, 0.05) is 49.7 Å². The van der Waals surface area contributed by atoms with Crippen LogP contribution in [0.3, 0.4) is 0 Å². The van der Waals surface area contributed by atoms with Gasteiger partial charge in [-0.25, -0.2) is 9.50 Å². The van der Waals surface area contributed by atoms with Gasteiger partial charge in [0.15, 0.2) is 5.01 Å². The Hall–Kier alpha value is -3.10. The third-order valence-corrected chi connectivity index (χ3v) is 6.68. The number of methoxy groups -OCH3 is 1. The summed E-state index contributed by atoms with van der Waals surface area (Å²) in [6, 6.07) is 13.8. The lowest BCUT2D eigenvalue weighted by Gasteiger charge is -2.35. The summed E-state index contributed by atoms with van der Waals surface area (Å²) in [4.78, 5) is 21.8. The van der Waals surface area contributed by atoms with E-state index in [2.05, 4.69) is 21.0 Å². The smallest absolute Gasteiger partial charge is 0.283 e. The SMILES string of the molecule is COc1cccc(N2CCN(C(=O)c3nc(-c4cnn5ccccc45)c(Cl)s3)CC2)c1. The summed E-state index contributed by atoms with van der Waals surface area (Å²) in [5.74, 6) is 0.744. The second kappa shape index (κ2) is 8.20. The summed E-state index contributed by atoms with van der Waals surface area (Å²) in [6.07, 6.45) is 3.60. The number of aromatic nitrogens is 3. The standard InChI is InChI=1S/C22H20ClN5O2S/c1-30-16-6-4-5-15(13-16)26-9-11-27(12-10-26)22(29)21-25-19(20(23)31-21)17-14-24-28-8-3-2-7-18(17)28/h2-8,13-14H,9-12H2,1H3.